The first-order valence-electron chi connectivity index (χ1n) is 9.34. The van der Waals surface area contributed by atoms with Gasteiger partial charge in [-0.25, -0.2) is 17.6 Å². The smallest absolute Gasteiger partial charge is 0.317 e. The molecule has 2 amide bonds. The van der Waals surface area contributed by atoms with Gasteiger partial charge >= 0.3 is 6.03 Å². The second kappa shape index (κ2) is 9.23. The van der Waals surface area contributed by atoms with E-state index < -0.39 is 15.8 Å². The zero-order valence-corrected chi connectivity index (χ0v) is 18.4. The number of rotatable bonds is 4. The van der Waals surface area contributed by atoms with Crippen LogP contribution in [0.2, 0.25) is 0 Å². The fraction of sp³-hybridized carbons (Fsp3) is 0.350. The van der Waals surface area contributed by atoms with E-state index in [0.29, 0.717) is 26.1 Å². The Hall–Kier alpha value is -1.97. The van der Waals surface area contributed by atoms with Crippen LogP contribution in [0.1, 0.15) is 24.9 Å². The summed E-state index contributed by atoms with van der Waals surface area (Å²) in [7, 11) is -3.72. The standard InChI is InChI=1S/C20H23BrFN3O3S/c1-15(16-3-5-17(21)6-4-16)23-20(26)24-11-2-12-25(14-13-24)29(27,28)19-9-7-18(22)8-10-19/h3-10,15H,2,11-14H2,1H3,(H,23,26). The first kappa shape index (κ1) is 21.7. The van der Waals surface area contributed by atoms with E-state index in [1.807, 2.05) is 31.2 Å². The molecule has 0 spiro atoms. The van der Waals surface area contributed by atoms with E-state index in [1.165, 1.54) is 16.4 Å². The molecule has 3 rings (SSSR count). The number of sulfonamides is 1. The highest BCUT2D eigenvalue weighted by Crippen LogP contribution is 2.19. The molecule has 1 fully saturated rings. The minimum absolute atomic E-state index is 0.0562. The lowest BCUT2D eigenvalue weighted by Gasteiger charge is -2.24. The van der Waals surface area contributed by atoms with Gasteiger partial charge in [0.1, 0.15) is 5.82 Å². The topological polar surface area (TPSA) is 69.7 Å². The van der Waals surface area contributed by atoms with E-state index in [9.17, 15) is 17.6 Å². The van der Waals surface area contributed by atoms with Gasteiger partial charge in [0.2, 0.25) is 10.0 Å². The Labute approximate surface area is 178 Å². The monoisotopic (exact) mass is 483 g/mol. The number of carbonyl (C=O) groups excluding carboxylic acids is 1. The molecule has 6 nitrogen and oxygen atoms in total. The third-order valence-corrected chi connectivity index (χ3v) is 7.35. The predicted molar refractivity (Wildman–Crippen MR) is 112 cm³/mol. The number of carbonyl (C=O) groups is 1. The van der Waals surface area contributed by atoms with Crippen LogP contribution in [0.3, 0.4) is 0 Å². The normalized spacial score (nSPS) is 16.9. The van der Waals surface area contributed by atoms with Gasteiger partial charge in [0, 0.05) is 30.7 Å². The van der Waals surface area contributed by atoms with Gasteiger partial charge in [-0.05, 0) is 55.3 Å². The van der Waals surface area contributed by atoms with Crippen molar-refractivity contribution in [2.45, 2.75) is 24.3 Å². The largest absolute Gasteiger partial charge is 0.331 e. The summed E-state index contributed by atoms with van der Waals surface area (Å²) in [5.74, 6) is -0.484. The Bertz CT molecular complexity index is 952. The maximum Gasteiger partial charge on any atom is 0.317 e. The summed E-state index contributed by atoms with van der Waals surface area (Å²) in [6.07, 6.45) is 0.528. The third-order valence-electron chi connectivity index (χ3n) is 4.90. The van der Waals surface area contributed by atoms with Gasteiger partial charge in [-0.3, -0.25) is 0 Å². The van der Waals surface area contributed by atoms with Crippen molar-refractivity contribution in [3.05, 3.63) is 64.4 Å². The highest BCUT2D eigenvalue weighted by molar-refractivity contribution is 9.10. The van der Waals surface area contributed by atoms with Crippen molar-refractivity contribution >= 4 is 32.0 Å². The van der Waals surface area contributed by atoms with E-state index in [1.54, 1.807) is 4.90 Å². The molecule has 0 saturated carbocycles. The number of hydrogen-bond donors (Lipinski definition) is 1. The highest BCUT2D eigenvalue weighted by Gasteiger charge is 2.28. The summed E-state index contributed by atoms with van der Waals surface area (Å²) in [4.78, 5) is 14.4. The van der Waals surface area contributed by atoms with E-state index in [2.05, 4.69) is 21.2 Å². The van der Waals surface area contributed by atoms with Crippen molar-refractivity contribution in [2.75, 3.05) is 26.2 Å². The van der Waals surface area contributed by atoms with Gasteiger partial charge in [0.25, 0.3) is 0 Å². The number of nitrogens with one attached hydrogen (secondary N) is 1. The maximum atomic E-state index is 13.1. The molecule has 1 aliphatic rings. The average molecular weight is 484 g/mol. The summed E-state index contributed by atoms with van der Waals surface area (Å²) in [6, 6.07) is 12.1. The molecular formula is C20H23BrFN3O3S. The number of amides is 2. The SMILES string of the molecule is CC(NC(=O)N1CCCN(S(=O)(=O)c2ccc(F)cc2)CC1)c1ccc(Br)cc1. The van der Waals surface area contributed by atoms with Gasteiger partial charge in [0.05, 0.1) is 10.9 Å². The first-order valence-corrected chi connectivity index (χ1v) is 11.6. The van der Waals surface area contributed by atoms with Gasteiger partial charge < -0.3 is 10.2 Å². The van der Waals surface area contributed by atoms with Gasteiger partial charge in [0.15, 0.2) is 0 Å². The molecule has 1 aliphatic heterocycles. The van der Waals surface area contributed by atoms with E-state index >= 15 is 0 Å². The van der Waals surface area contributed by atoms with Gasteiger partial charge in [-0.2, -0.15) is 4.31 Å². The van der Waals surface area contributed by atoms with Gasteiger partial charge in [-0.1, -0.05) is 28.1 Å². The average Bonchev–Trinajstić information content (AvgIpc) is 2.95. The number of urea groups is 1. The minimum Gasteiger partial charge on any atom is -0.331 e. The number of benzene rings is 2. The van der Waals surface area contributed by atoms with Crippen molar-refractivity contribution in [3.8, 4) is 0 Å². The molecule has 1 N–H and O–H groups in total. The van der Waals surface area contributed by atoms with E-state index in [4.69, 9.17) is 0 Å². The minimum atomic E-state index is -3.72. The number of halogens is 2. The van der Waals surface area contributed by atoms with Crippen LogP contribution in [-0.4, -0.2) is 49.8 Å². The fourth-order valence-corrected chi connectivity index (χ4v) is 4.94. The van der Waals surface area contributed by atoms with Crippen molar-refractivity contribution < 1.29 is 17.6 Å². The van der Waals surface area contributed by atoms with Crippen LogP contribution in [0.25, 0.3) is 0 Å². The van der Waals surface area contributed by atoms with Crippen LogP contribution in [0.5, 0.6) is 0 Å². The zero-order valence-electron chi connectivity index (χ0n) is 16.0. The van der Waals surface area contributed by atoms with Gasteiger partial charge in [-0.15, -0.1) is 0 Å². The van der Waals surface area contributed by atoms with Crippen molar-refractivity contribution in [3.63, 3.8) is 0 Å². The summed E-state index contributed by atoms with van der Waals surface area (Å²) in [5.41, 5.74) is 0.983. The molecule has 156 valence electrons. The predicted octanol–water partition coefficient (Wildman–Crippen LogP) is 3.76. The number of nitrogens with zero attached hydrogens (tertiary/aromatic N) is 2. The highest BCUT2D eigenvalue weighted by atomic mass is 79.9. The second-order valence-electron chi connectivity index (χ2n) is 6.92. The van der Waals surface area contributed by atoms with Crippen molar-refractivity contribution in [2.24, 2.45) is 0 Å². The Morgan fingerprint density at radius 2 is 1.69 bits per heavy atom. The Balaban J connectivity index is 1.62. The summed E-state index contributed by atoms with van der Waals surface area (Å²) in [5, 5.41) is 2.97. The molecule has 1 heterocycles. The summed E-state index contributed by atoms with van der Waals surface area (Å²) < 4.78 is 41.0. The molecule has 0 aliphatic carbocycles. The molecule has 2 aromatic carbocycles. The first-order chi connectivity index (χ1) is 13.8. The second-order valence-corrected chi connectivity index (χ2v) is 9.77. The number of hydrogen-bond acceptors (Lipinski definition) is 3. The van der Waals surface area contributed by atoms with E-state index in [0.717, 1.165) is 22.2 Å². The Morgan fingerprint density at radius 1 is 1.03 bits per heavy atom. The van der Waals surface area contributed by atoms with Crippen LogP contribution in [0.15, 0.2) is 57.9 Å². The molecule has 1 atom stereocenters. The lowest BCUT2D eigenvalue weighted by molar-refractivity contribution is 0.197. The zero-order chi connectivity index (χ0) is 21.0. The van der Waals surface area contributed by atoms with Crippen LogP contribution >= 0.6 is 15.9 Å². The molecule has 2 aromatic rings. The summed E-state index contributed by atoms with van der Waals surface area (Å²) in [6.45, 7) is 3.17. The van der Waals surface area contributed by atoms with Crippen LogP contribution in [0, 0.1) is 5.82 Å². The van der Waals surface area contributed by atoms with Crippen LogP contribution in [-0.2, 0) is 10.0 Å². The molecule has 1 saturated heterocycles. The lowest BCUT2D eigenvalue weighted by Crippen LogP contribution is -2.43. The fourth-order valence-electron chi connectivity index (χ4n) is 3.20. The third kappa shape index (κ3) is 5.34. The molecule has 1 unspecified atom stereocenters. The molecule has 0 aromatic heterocycles. The Morgan fingerprint density at radius 3 is 2.34 bits per heavy atom. The lowest BCUT2D eigenvalue weighted by atomic mass is 10.1. The van der Waals surface area contributed by atoms with Crippen LogP contribution in [0.4, 0.5) is 9.18 Å². The molecule has 9 heteroatoms. The Kier molecular flexibility index (Phi) is 6.92. The van der Waals surface area contributed by atoms with Crippen LogP contribution < -0.4 is 5.32 Å². The molecule has 29 heavy (non-hydrogen) atoms. The van der Waals surface area contributed by atoms with Crippen molar-refractivity contribution in [1.82, 2.24) is 14.5 Å². The van der Waals surface area contributed by atoms with Crippen molar-refractivity contribution in [1.29, 1.82) is 0 Å². The quantitative estimate of drug-likeness (QED) is 0.719. The molecule has 0 bridgehead atoms. The molecule has 0 radical (unpaired) electrons. The molecular weight excluding hydrogens is 461 g/mol. The van der Waals surface area contributed by atoms with E-state index in [-0.39, 0.29) is 23.5 Å². The summed E-state index contributed by atoms with van der Waals surface area (Å²) >= 11 is 3.39. The maximum absolute atomic E-state index is 13.1.